The summed E-state index contributed by atoms with van der Waals surface area (Å²) < 4.78 is 2.37. The number of hydrogen-bond donors (Lipinski definition) is 0. The maximum Gasteiger partial charge on any atom is 0.160 e. The molecule has 0 saturated heterocycles. The molecular weight excluding hydrogens is 885 g/mol. The highest BCUT2D eigenvalue weighted by Gasteiger charge is 2.17. The summed E-state index contributed by atoms with van der Waals surface area (Å²) >= 11 is 0. The number of benzene rings is 11. The van der Waals surface area contributed by atoms with E-state index in [-0.39, 0.29) is 0 Å². The minimum absolute atomic E-state index is 0.699. The Balaban J connectivity index is 0.790. The van der Waals surface area contributed by atoms with Crippen molar-refractivity contribution in [3.05, 3.63) is 267 Å². The summed E-state index contributed by atoms with van der Waals surface area (Å²) in [4.78, 5) is 15.6. The van der Waals surface area contributed by atoms with Crippen molar-refractivity contribution in [1.29, 1.82) is 0 Å². The predicted octanol–water partition coefficient (Wildman–Crippen LogP) is 18.1. The van der Waals surface area contributed by atoms with E-state index in [1.54, 1.807) is 0 Å². The number of aromatic nitrogens is 4. The molecule has 3 aromatic heterocycles. The van der Waals surface area contributed by atoms with E-state index in [1.807, 2.05) is 24.3 Å². The fourth-order valence-corrected chi connectivity index (χ4v) is 10.8. The molecule has 4 nitrogen and oxygen atoms in total. The molecule has 0 fully saturated rings. The Morgan fingerprint density at radius 3 is 1.32 bits per heavy atom. The lowest BCUT2D eigenvalue weighted by atomic mass is 9.93. The van der Waals surface area contributed by atoms with Gasteiger partial charge in [-0.15, -0.1) is 0 Å². The van der Waals surface area contributed by atoms with Crippen LogP contribution in [0.5, 0.6) is 0 Å². The molecule has 3 heterocycles. The van der Waals surface area contributed by atoms with Crippen LogP contribution in [0.3, 0.4) is 0 Å². The average Bonchev–Trinajstić information content (AvgIpc) is 3.82. The molecule has 0 amide bonds. The van der Waals surface area contributed by atoms with Crippen LogP contribution in [0.4, 0.5) is 0 Å². The van der Waals surface area contributed by atoms with Crippen molar-refractivity contribution in [2.45, 2.75) is 0 Å². The molecule has 0 bridgehead atoms. The second-order valence-electron chi connectivity index (χ2n) is 18.7. The Labute approximate surface area is 422 Å². The highest BCUT2D eigenvalue weighted by Crippen LogP contribution is 2.40. The zero-order valence-electron chi connectivity index (χ0n) is 39.7. The maximum atomic E-state index is 5.43. The largest absolute Gasteiger partial charge is 0.309 e. The van der Waals surface area contributed by atoms with E-state index in [4.69, 9.17) is 15.0 Å². The van der Waals surface area contributed by atoms with Gasteiger partial charge >= 0.3 is 0 Å². The first-order chi connectivity index (χ1) is 36.2. The molecule has 11 aromatic carbocycles. The van der Waals surface area contributed by atoms with Gasteiger partial charge in [-0.25, -0.2) is 15.0 Å². The van der Waals surface area contributed by atoms with Crippen molar-refractivity contribution in [2.75, 3.05) is 0 Å². The van der Waals surface area contributed by atoms with E-state index in [1.165, 1.54) is 49.1 Å². The molecule has 0 radical (unpaired) electrons. The SMILES string of the molecule is c1ccc(-c2ccc(-c3cc(-c4ccc(-c5ccc(-c6nc7ccc(-c8ccc(-n9c%10ccccc%10c%10ccccc%109)cc8)cc7c7c6ccc6ccccc67)cc5)cc4)nc(-c4ccccc4)n3)cc2)cc1. The van der Waals surface area contributed by atoms with Crippen LogP contribution in [0.2, 0.25) is 0 Å². The van der Waals surface area contributed by atoms with Crippen LogP contribution in [0, 0.1) is 0 Å². The summed E-state index contributed by atoms with van der Waals surface area (Å²) in [5.74, 6) is 0.699. The second-order valence-corrected chi connectivity index (χ2v) is 18.7. The van der Waals surface area contributed by atoms with Crippen LogP contribution in [-0.2, 0) is 0 Å². The number of rotatable bonds is 8. The fraction of sp³-hybridized carbons (Fsp3) is 0. The third-order valence-electron chi connectivity index (χ3n) is 14.4. The molecule has 14 aromatic rings. The van der Waals surface area contributed by atoms with E-state index in [2.05, 4.69) is 247 Å². The first-order valence-corrected chi connectivity index (χ1v) is 24.8. The molecule has 0 spiro atoms. The molecule has 73 heavy (non-hydrogen) atoms. The predicted molar refractivity (Wildman–Crippen MR) is 305 cm³/mol. The molecular formula is C69H44N4. The van der Waals surface area contributed by atoms with Crippen molar-refractivity contribution in [3.8, 4) is 84.2 Å². The van der Waals surface area contributed by atoms with Crippen molar-refractivity contribution in [2.24, 2.45) is 0 Å². The van der Waals surface area contributed by atoms with E-state index in [0.29, 0.717) is 5.82 Å². The Hall–Kier alpha value is -9.77. The van der Waals surface area contributed by atoms with E-state index in [0.717, 1.165) is 83.6 Å². The number of fused-ring (bicyclic) bond motifs is 8. The van der Waals surface area contributed by atoms with Gasteiger partial charge in [0.2, 0.25) is 0 Å². The number of para-hydroxylation sites is 2. The normalized spacial score (nSPS) is 11.6. The number of pyridine rings is 1. The molecule has 340 valence electrons. The Morgan fingerprint density at radius 1 is 0.260 bits per heavy atom. The van der Waals surface area contributed by atoms with Crippen molar-refractivity contribution >= 4 is 54.3 Å². The molecule has 4 heteroatoms. The monoisotopic (exact) mass is 928 g/mol. The van der Waals surface area contributed by atoms with Crippen LogP contribution in [0.15, 0.2) is 267 Å². The smallest absolute Gasteiger partial charge is 0.160 e. The summed E-state index contributed by atoms with van der Waals surface area (Å²) in [7, 11) is 0. The van der Waals surface area contributed by atoms with Gasteiger partial charge in [0.1, 0.15) is 0 Å². The van der Waals surface area contributed by atoms with Gasteiger partial charge in [-0.1, -0.05) is 224 Å². The Kier molecular flexibility index (Phi) is 10.1. The van der Waals surface area contributed by atoms with Crippen LogP contribution >= 0.6 is 0 Å². The van der Waals surface area contributed by atoms with Crippen molar-refractivity contribution < 1.29 is 0 Å². The van der Waals surface area contributed by atoms with Gasteiger partial charge in [-0.3, -0.25) is 0 Å². The average molecular weight is 929 g/mol. The summed E-state index contributed by atoms with van der Waals surface area (Å²) in [5, 5.41) is 8.44. The van der Waals surface area contributed by atoms with Crippen LogP contribution < -0.4 is 0 Å². The second kappa shape index (κ2) is 17.6. The van der Waals surface area contributed by atoms with Gasteiger partial charge in [0.05, 0.1) is 33.6 Å². The molecule has 14 rings (SSSR count). The van der Waals surface area contributed by atoms with Crippen LogP contribution in [0.1, 0.15) is 0 Å². The van der Waals surface area contributed by atoms with Crippen molar-refractivity contribution in [3.63, 3.8) is 0 Å². The molecule has 0 aliphatic rings. The number of hydrogen-bond acceptors (Lipinski definition) is 3. The van der Waals surface area contributed by atoms with Crippen LogP contribution in [0.25, 0.3) is 138 Å². The van der Waals surface area contributed by atoms with Crippen LogP contribution in [-0.4, -0.2) is 19.5 Å². The fourth-order valence-electron chi connectivity index (χ4n) is 10.8. The molecule has 0 aliphatic carbocycles. The van der Waals surface area contributed by atoms with E-state index in [9.17, 15) is 0 Å². The maximum absolute atomic E-state index is 5.43. The lowest BCUT2D eigenvalue weighted by Gasteiger charge is -2.15. The molecule has 0 atom stereocenters. The lowest BCUT2D eigenvalue weighted by molar-refractivity contribution is 1.18. The van der Waals surface area contributed by atoms with Crippen molar-refractivity contribution in [1.82, 2.24) is 19.5 Å². The van der Waals surface area contributed by atoms with Gasteiger partial charge in [-0.05, 0) is 86.6 Å². The Bertz CT molecular complexity index is 4320. The molecule has 0 unspecified atom stereocenters. The lowest BCUT2D eigenvalue weighted by Crippen LogP contribution is -1.96. The third kappa shape index (κ3) is 7.52. The highest BCUT2D eigenvalue weighted by atomic mass is 15.0. The van der Waals surface area contributed by atoms with Gasteiger partial charge in [0.25, 0.3) is 0 Å². The number of nitrogens with zero attached hydrogens (tertiary/aromatic N) is 4. The van der Waals surface area contributed by atoms with Gasteiger partial charge < -0.3 is 4.57 Å². The minimum Gasteiger partial charge on any atom is -0.309 e. The van der Waals surface area contributed by atoms with Gasteiger partial charge in [0, 0.05) is 54.9 Å². The summed E-state index contributed by atoms with van der Waals surface area (Å²) in [6.07, 6.45) is 0. The van der Waals surface area contributed by atoms with E-state index < -0.39 is 0 Å². The Morgan fingerprint density at radius 2 is 0.712 bits per heavy atom. The van der Waals surface area contributed by atoms with Gasteiger partial charge in [-0.2, -0.15) is 0 Å². The molecule has 0 N–H and O–H groups in total. The molecule has 0 saturated carbocycles. The molecule has 0 aliphatic heterocycles. The minimum atomic E-state index is 0.699. The zero-order valence-corrected chi connectivity index (χ0v) is 39.7. The quantitative estimate of drug-likeness (QED) is 0.143. The van der Waals surface area contributed by atoms with Gasteiger partial charge in [0.15, 0.2) is 5.82 Å². The highest BCUT2D eigenvalue weighted by molar-refractivity contribution is 6.23. The first kappa shape index (κ1) is 42.1. The van der Waals surface area contributed by atoms with E-state index >= 15 is 0 Å². The summed E-state index contributed by atoms with van der Waals surface area (Å²) in [6, 6.07) is 95.2. The zero-order chi connectivity index (χ0) is 48.2. The first-order valence-electron chi connectivity index (χ1n) is 24.8. The topological polar surface area (TPSA) is 43.6 Å². The standard InChI is InChI=1S/C69H44N4/c1-3-13-45(14-4-1)46-23-29-51(30-24-46)63-44-64(72-69(71-63)54-16-5-2-6-17-54)52-31-25-47(26-32-52)48-27-33-53(34-28-48)68-60-41-37-50-15-7-8-18-57(50)67(60)61-43-55(38-42-62(61)70-68)49-35-39-56(40-36-49)73-65-21-11-9-19-58(65)59-20-10-12-22-66(59)73/h1-44H. The summed E-state index contributed by atoms with van der Waals surface area (Å²) in [6.45, 7) is 0. The third-order valence-corrected chi connectivity index (χ3v) is 14.4. The summed E-state index contributed by atoms with van der Waals surface area (Å²) in [5.41, 5.74) is 18.3.